The van der Waals surface area contributed by atoms with Gasteiger partial charge in [0.05, 0.1) is 0 Å². The molecular weight excluding hydrogens is 762 g/mol. The molecular formula is C47H55Cl3Zr-2. The quantitative estimate of drug-likeness (QED) is 0.161. The molecule has 0 fully saturated rings. The summed E-state index contributed by atoms with van der Waals surface area (Å²) in [5.41, 5.74) is 8.90. The molecule has 5 aromatic rings. The van der Waals surface area contributed by atoms with E-state index in [-0.39, 0.29) is 46.5 Å². The Bertz CT molecular complexity index is 1880. The van der Waals surface area contributed by atoms with Crippen LogP contribution in [0.15, 0.2) is 103 Å². The monoisotopic (exact) mass is 814 g/mol. The molecule has 0 unspecified atom stereocenters. The van der Waals surface area contributed by atoms with Crippen molar-refractivity contribution in [3.05, 3.63) is 148 Å². The SMILES string of the molecule is CC(C)(C)c1cc2[cH-]c3cc(C(C)(C)C)c(C(C)(C)C)cc3c2cc1C(C)(C)C.Clc1cccc([C](=[Zr+2])c2ccccc2)c1.[C-]1=CC=CC1.[Cl-].[Cl-]. The van der Waals surface area contributed by atoms with Crippen molar-refractivity contribution in [3.63, 3.8) is 0 Å². The van der Waals surface area contributed by atoms with Gasteiger partial charge in [0.2, 0.25) is 0 Å². The summed E-state index contributed by atoms with van der Waals surface area (Å²) in [6.07, 6.45) is 10.0. The Morgan fingerprint density at radius 3 is 1.37 bits per heavy atom. The van der Waals surface area contributed by atoms with Crippen LogP contribution in [0.2, 0.25) is 5.02 Å². The van der Waals surface area contributed by atoms with Crippen LogP contribution in [-0.4, -0.2) is 3.21 Å². The maximum atomic E-state index is 5.97. The topological polar surface area (TPSA) is 0 Å². The predicted octanol–water partition coefficient (Wildman–Crippen LogP) is 7.67. The number of hydrogen-bond acceptors (Lipinski definition) is 0. The first-order chi connectivity index (χ1) is 22.7. The van der Waals surface area contributed by atoms with Crippen LogP contribution >= 0.6 is 11.6 Å². The molecule has 51 heavy (non-hydrogen) atoms. The van der Waals surface area contributed by atoms with Crippen molar-refractivity contribution in [2.75, 3.05) is 0 Å². The number of rotatable bonds is 2. The molecule has 0 saturated heterocycles. The van der Waals surface area contributed by atoms with Crippen molar-refractivity contribution >= 4 is 36.4 Å². The van der Waals surface area contributed by atoms with Crippen molar-refractivity contribution in [1.82, 2.24) is 0 Å². The van der Waals surface area contributed by atoms with Gasteiger partial charge in [-0.1, -0.05) is 117 Å². The van der Waals surface area contributed by atoms with E-state index in [4.69, 9.17) is 11.6 Å². The van der Waals surface area contributed by atoms with E-state index in [1.807, 2.05) is 36.4 Å². The second-order valence-electron chi connectivity index (χ2n) is 17.4. The molecule has 0 radical (unpaired) electrons. The van der Waals surface area contributed by atoms with Crippen molar-refractivity contribution in [2.24, 2.45) is 0 Å². The van der Waals surface area contributed by atoms with Gasteiger partial charge in [-0.3, -0.25) is 6.08 Å². The van der Waals surface area contributed by atoms with Crippen molar-refractivity contribution < 1.29 is 49.0 Å². The van der Waals surface area contributed by atoms with E-state index in [1.54, 1.807) is 0 Å². The molecule has 0 amide bonds. The summed E-state index contributed by atoms with van der Waals surface area (Å²) < 4.78 is 1.34. The minimum Gasteiger partial charge on any atom is -1.00 e. The van der Waals surface area contributed by atoms with E-state index in [2.05, 4.69) is 156 Å². The summed E-state index contributed by atoms with van der Waals surface area (Å²) >= 11 is 7.38. The van der Waals surface area contributed by atoms with Gasteiger partial charge in [-0.05, 0) is 21.7 Å². The summed E-state index contributed by atoms with van der Waals surface area (Å²) in [5.74, 6) is 0. The fourth-order valence-corrected chi connectivity index (χ4v) is 7.33. The van der Waals surface area contributed by atoms with Gasteiger partial charge in [-0.2, -0.15) is 6.08 Å². The van der Waals surface area contributed by atoms with E-state index in [0.29, 0.717) is 0 Å². The Balaban J connectivity index is 0.000000340. The first-order valence-electron chi connectivity index (χ1n) is 17.5. The molecule has 0 spiro atoms. The Kier molecular flexibility index (Phi) is 15.7. The number of fused-ring (bicyclic) bond motifs is 3. The summed E-state index contributed by atoms with van der Waals surface area (Å²) in [5, 5.41) is 6.36. The zero-order valence-electron chi connectivity index (χ0n) is 32.7. The van der Waals surface area contributed by atoms with Gasteiger partial charge < -0.3 is 24.8 Å². The van der Waals surface area contributed by atoms with Gasteiger partial charge in [-0.25, -0.2) is 12.2 Å². The number of allylic oxidation sites excluding steroid dienone is 4. The fourth-order valence-electron chi connectivity index (χ4n) is 6.34. The second-order valence-corrected chi connectivity index (χ2v) is 19.0. The molecule has 0 atom stereocenters. The molecule has 0 N–H and O–H groups in total. The number of halogens is 3. The molecule has 270 valence electrons. The molecule has 0 bridgehead atoms. The molecule has 5 aromatic carbocycles. The maximum Gasteiger partial charge on any atom is -0.109 e. The second kappa shape index (κ2) is 17.8. The molecule has 6 rings (SSSR count). The zero-order valence-corrected chi connectivity index (χ0v) is 37.4. The van der Waals surface area contributed by atoms with Crippen molar-refractivity contribution in [2.45, 2.75) is 111 Å². The Hall–Kier alpha value is -2.15. The Morgan fingerprint density at radius 1 is 0.588 bits per heavy atom. The molecule has 1 aliphatic carbocycles. The normalized spacial score (nSPS) is 12.8. The van der Waals surface area contributed by atoms with Crippen LogP contribution in [0.3, 0.4) is 0 Å². The van der Waals surface area contributed by atoms with Gasteiger partial charge in [0, 0.05) is 0 Å². The van der Waals surface area contributed by atoms with Crippen LogP contribution in [-0.2, 0) is 45.9 Å². The molecule has 4 heteroatoms. The molecule has 0 aliphatic heterocycles. The molecule has 0 nitrogen and oxygen atoms in total. The minimum atomic E-state index is 0. The van der Waals surface area contributed by atoms with Crippen LogP contribution in [0.5, 0.6) is 0 Å². The smallest absolute Gasteiger partial charge is 0.109 e. The van der Waals surface area contributed by atoms with E-state index in [9.17, 15) is 0 Å². The molecule has 0 heterocycles. The fraction of sp³-hybridized carbons (Fsp3) is 0.362. The third kappa shape index (κ3) is 11.7. The molecule has 0 saturated carbocycles. The zero-order chi connectivity index (χ0) is 36.4. The van der Waals surface area contributed by atoms with Crippen LogP contribution in [0.4, 0.5) is 0 Å². The summed E-state index contributed by atoms with van der Waals surface area (Å²) in [4.78, 5) is 0. The average molecular weight is 818 g/mol. The van der Waals surface area contributed by atoms with Gasteiger partial charge in [-0.15, -0.1) is 46.2 Å². The summed E-state index contributed by atoms with van der Waals surface area (Å²) in [6, 6.07) is 30.7. The maximum absolute atomic E-state index is 5.97. The Labute approximate surface area is 341 Å². The van der Waals surface area contributed by atoms with Gasteiger partial charge in [0.25, 0.3) is 0 Å². The van der Waals surface area contributed by atoms with Gasteiger partial charge >= 0.3 is 110 Å². The van der Waals surface area contributed by atoms with Gasteiger partial charge in [0.15, 0.2) is 0 Å². The van der Waals surface area contributed by atoms with Gasteiger partial charge in [0.1, 0.15) is 0 Å². The third-order valence-electron chi connectivity index (χ3n) is 8.97. The van der Waals surface area contributed by atoms with E-state index in [1.165, 1.54) is 82.4 Å². The summed E-state index contributed by atoms with van der Waals surface area (Å²) in [6.45, 7) is 28.0. The first kappa shape index (κ1) is 45.0. The minimum absolute atomic E-state index is 0. The van der Waals surface area contributed by atoms with E-state index >= 15 is 0 Å². The number of hydrogen-bond donors (Lipinski definition) is 0. The van der Waals surface area contributed by atoms with E-state index in [0.717, 1.165) is 11.4 Å². The average Bonchev–Trinajstić information content (AvgIpc) is 3.70. The number of benzene rings is 4. The third-order valence-corrected chi connectivity index (χ3v) is 10.6. The standard InChI is InChI=1S/C29H41.C13H9Cl.C5H5.2ClH.Zr/c1-26(2,3)22-14-18-13-19-15-23(27(4,5)6)25(29(10,11)12)17-21(19)20(18)16-24(22)28(7,8)9;14-13-8-4-7-12(10-13)9-11-5-2-1-3-6-11;1-2-4-5-3-1;;;/h13-17H,1-12H3;1-8,10H;1-3H,4H2;2*1H;/q-1;;-1;;;+2/p-2. The summed E-state index contributed by atoms with van der Waals surface area (Å²) in [7, 11) is 0. The van der Waals surface area contributed by atoms with Crippen LogP contribution in [0, 0.1) is 6.08 Å². The van der Waals surface area contributed by atoms with Crippen molar-refractivity contribution in [1.29, 1.82) is 0 Å². The van der Waals surface area contributed by atoms with Crippen LogP contribution in [0.25, 0.3) is 21.5 Å². The van der Waals surface area contributed by atoms with Crippen molar-refractivity contribution in [3.8, 4) is 0 Å². The first-order valence-corrected chi connectivity index (χ1v) is 19.1. The van der Waals surface area contributed by atoms with Crippen LogP contribution < -0.4 is 24.8 Å². The molecule has 1 aliphatic rings. The van der Waals surface area contributed by atoms with Crippen LogP contribution in [0.1, 0.15) is 123 Å². The predicted molar refractivity (Wildman–Crippen MR) is 215 cm³/mol. The van der Waals surface area contributed by atoms with E-state index < -0.39 is 0 Å². The molecule has 0 aromatic heterocycles. The largest absolute Gasteiger partial charge is 1.00 e. The Morgan fingerprint density at radius 2 is 1.02 bits per heavy atom.